The molecule has 2 amide bonds. The van der Waals surface area contributed by atoms with E-state index in [1.807, 2.05) is 23.6 Å². The summed E-state index contributed by atoms with van der Waals surface area (Å²) in [5.74, 6) is 0.0515. The number of nitrogens with one attached hydrogen (secondary N) is 2. The average Bonchev–Trinajstić information content (AvgIpc) is 3.73. The minimum atomic E-state index is -2.10. The molecule has 1 saturated carbocycles. The number of carboxylic acid groups (broad SMARTS) is 1. The van der Waals surface area contributed by atoms with Gasteiger partial charge in [0, 0.05) is 60.4 Å². The molecule has 0 aliphatic heterocycles. The highest BCUT2D eigenvalue weighted by Crippen LogP contribution is 2.43. The number of aromatic nitrogens is 3. The molecule has 0 saturated heterocycles. The van der Waals surface area contributed by atoms with Crippen LogP contribution in [-0.4, -0.2) is 55.1 Å². The summed E-state index contributed by atoms with van der Waals surface area (Å²) in [6.07, 6.45) is 6.22. The largest absolute Gasteiger partial charge is 0.477 e. The molecule has 0 spiro atoms. The van der Waals surface area contributed by atoms with Crippen molar-refractivity contribution in [1.82, 2.24) is 19.9 Å². The predicted molar refractivity (Wildman–Crippen MR) is 172 cm³/mol. The Bertz CT molecular complexity index is 1700. The molecule has 3 aromatic heterocycles. The first-order chi connectivity index (χ1) is 21.0. The van der Waals surface area contributed by atoms with E-state index in [9.17, 15) is 19.5 Å². The molecule has 4 aromatic rings. The second-order valence-electron chi connectivity index (χ2n) is 10.7. The Labute approximate surface area is 259 Å². The normalized spacial score (nSPS) is 12.7. The Hall–Kier alpha value is -3.74. The molecule has 3 heterocycles. The van der Waals surface area contributed by atoms with E-state index >= 15 is 0 Å². The van der Waals surface area contributed by atoms with Crippen LogP contribution in [0.2, 0.25) is 0 Å². The summed E-state index contributed by atoms with van der Waals surface area (Å²) in [6.45, 7) is 7.13. The molecule has 0 radical (unpaired) electrons. The van der Waals surface area contributed by atoms with E-state index in [4.69, 9.17) is 14.8 Å². The standard InChI is InChI=1S/C29H31N5O4S.CH5O3P/c1-4-30-29(38)33-25-12-19(27-32-23(15-39-27)17-5-6-17)21(13-31-25)18-7-8-24-20(11-18)26(35)22(28(36)37)14-34(24)10-9-16(2)3;1-4-5(2)3/h7-8,11-17H,4-6,9-10H2,1-3H3,(H,36,37)(H2,30,31,33,38);2-3H,1H3. The fourth-order valence-corrected chi connectivity index (χ4v) is 5.46. The molecule has 0 unspecified atom stereocenters. The quantitative estimate of drug-likeness (QED) is 0.134. The number of carboxylic acids is 1. The van der Waals surface area contributed by atoms with Crippen molar-refractivity contribution in [2.45, 2.75) is 52.5 Å². The highest BCUT2D eigenvalue weighted by Gasteiger charge is 2.27. The van der Waals surface area contributed by atoms with Gasteiger partial charge in [0.15, 0.2) is 0 Å². The summed E-state index contributed by atoms with van der Waals surface area (Å²) >= 11 is 1.53. The summed E-state index contributed by atoms with van der Waals surface area (Å²) < 4.78 is 5.78. The van der Waals surface area contributed by atoms with E-state index in [2.05, 4.69) is 39.4 Å². The smallest absolute Gasteiger partial charge is 0.341 e. The van der Waals surface area contributed by atoms with Crippen molar-refractivity contribution in [3.05, 3.63) is 63.5 Å². The van der Waals surface area contributed by atoms with Gasteiger partial charge in [0.25, 0.3) is 0 Å². The Morgan fingerprint density at radius 2 is 1.93 bits per heavy atom. The Morgan fingerprint density at radius 1 is 1.20 bits per heavy atom. The maximum Gasteiger partial charge on any atom is 0.341 e. The SMILES string of the molecule is CCNC(=O)Nc1cc(-c2nc(C3CC3)cs2)c(-c2ccc3c(c2)c(=O)c(C(=O)O)cn3CCC(C)C)cn1.COP(O)O. The van der Waals surface area contributed by atoms with Crippen LogP contribution in [0.4, 0.5) is 10.6 Å². The van der Waals surface area contributed by atoms with Crippen LogP contribution in [0.25, 0.3) is 32.6 Å². The number of anilines is 1. The van der Waals surface area contributed by atoms with Gasteiger partial charge in [0.1, 0.15) is 16.4 Å². The van der Waals surface area contributed by atoms with Gasteiger partial charge >= 0.3 is 20.6 Å². The number of benzene rings is 1. The third-order valence-electron chi connectivity index (χ3n) is 6.96. The van der Waals surface area contributed by atoms with Crippen molar-refractivity contribution < 1.29 is 29.0 Å². The third-order valence-corrected chi connectivity index (χ3v) is 8.18. The highest BCUT2D eigenvalue weighted by molar-refractivity contribution is 7.39. The summed E-state index contributed by atoms with van der Waals surface area (Å²) in [6, 6.07) is 6.96. The molecular weight excluding hydrogens is 605 g/mol. The molecule has 14 heteroatoms. The van der Waals surface area contributed by atoms with E-state index < -0.39 is 20.0 Å². The van der Waals surface area contributed by atoms with Gasteiger partial charge in [-0.2, -0.15) is 0 Å². The number of thiazole rings is 1. The minimum Gasteiger partial charge on any atom is -0.477 e. The maximum absolute atomic E-state index is 13.2. The summed E-state index contributed by atoms with van der Waals surface area (Å²) in [5.41, 5.74) is 3.21. The number of aromatic carboxylic acids is 1. The monoisotopic (exact) mass is 641 g/mol. The summed E-state index contributed by atoms with van der Waals surface area (Å²) in [7, 11) is -0.870. The number of rotatable bonds is 10. The minimum absolute atomic E-state index is 0.253. The van der Waals surface area contributed by atoms with E-state index in [1.165, 1.54) is 24.6 Å². The number of amides is 2. The zero-order valence-electron chi connectivity index (χ0n) is 24.9. The van der Waals surface area contributed by atoms with E-state index in [0.717, 1.165) is 41.1 Å². The zero-order valence-corrected chi connectivity index (χ0v) is 26.6. The molecule has 12 nitrogen and oxygen atoms in total. The number of nitrogens with zero attached hydrogens (tertiary/aromatic N) is 3. The number of hydrogen-bond donors (Lipinski definition) is 5. The number of hydrogen-bond acceptors (Lipinski definition) is 9. The van der Waals surface area contributed by atoms with Gasteiger partial charge in [-0.3, -0.25) is 10.1 Å². The first-order valence-electron chi connectivity index (χ1n) is 14.2. The van der Waals surface area contributed by atoms with Crippen LogP contribution in [0.3, 0.4) is 0 Å². The average molecular weight is 642 g/mol. The molecule has 5 N–H and O–H groups in total. The second kappa shape index (κ2) is 14.8. The molecule has 1 aliphatic rings. The summed E-state index contributed by atoms with van der Waals surface area (Å²) in [4.78, 5) is 62.2. The van der Waals surface area contributed by atoms with Crippen molar-refractivity contribution in [3.63, 3.8) is 0 Å². The van der Waals surface area contributed by atoms with Crippen molar-refractivity contribution in [2.75, 3.05) is 19.0 Å². The van der Waals surface area contributed by atoms with Crippen molar-refractivity contribution in [3.8, 4) is 21.7 Å². The number of carbonyl (C=O) groups excluding carboxylic acids is 1. The predicted octanol–water partition coefficient (Wildman–Crippen LogP) is 5.79. The van der Waals surface area contributed by atoms with Gasteiger partial charge in [-0.1, -0.05) is 19.9 Å². The van der Waals surface area contributed by atoms with Gasteiger partial charge in [-0.05, 0) is 55.9 Å². The van der Waals surface area contributed by atoms with Crippen LogP contribution in [0, 0.1) is 5.92 Å². The fourth-order valence-electron chi connectivity index (χ4n) is 4.53. The van der Waals surface area contributed by atoms with Crippen LogP contribution in [-0.2, 0) is 11.1 Å². The first kappa shape index (κ1) is 33.2. The molecule has 1 aliphatic carbocycles. The first-order valence-corrected chi connectivity index (χ1v) is 16.2. The van der Waals surface area contributed by atoms with Gasteiger partial charge in [0.05, 0.1) is 11.2 Å². The number of aryl methyl sites for hydroxylation is 1. The van der Waals surface area contributed by atoms with Crippen molar-refractivity contribution in [2.24, 2.45) is 5.92 Å². The Balaban J connectivity index is 0.000000818. The Kier molecular flexibility index (Phi) is 11.2. The van der Waals surface area contributed by atoms with Crippen molar-refractivity contribution in [1.29, 1.82) is 0 Å². The van der Waals surface area contributed by atoms with Crippen LogP contribution in [0.1, 0.15) is 62.0 Å². The highest BCUT2D eigenvalue weighted by atomic mass is 32.1. The zero-order chi connectivity index (χ0) is 32.0. The Morgan fingerprint density at radius 3 is 2.55 bits per heavy atom. The van der Waals surface area contributed by atoms with Gasteiger partial charge in [-0.25, -0.2) is 19.6 Å². The lowest BCUT2D eigenvalue weighted by atomic mass is 9.99. The lowest BCUT2D eigenvalue weighted by Gasteiger charge is -2.15. The molecule has 234 valence electrons. The van der Waals surface area contributed by atoms with Gasteiger partial charge in [0.2, 0.25) is 5.43 Å². The van der Waals surface area contributed by atoms with Crippen LogP contribution < -0.4 is 16.1 Å². The topological polar surface area (TPSA) is 176 Å². The van der Waals surface area contributed by atoms with Crippen LogP contribution in [0.5, 0.6) is 0 Å². The lowest BCUT2D eigenvalue weighted by Crippen LogP contribution is -2.28. The molecule has 0 atom stereocenters. The van der Waals surface area contributed by atoms with Gasteiger partial charge < -0.3 is 29.3 Å². The van der Waals surface area contributed by atoms with Crippen LogP contribution in [0.15, 0.2) is 46.8 Å². The van der Waals surface area contributed by atoms with Gasteiger partial charge in [-0.15, -0.1) is 11.3 Å². The molecular formula is C30H36N5O7PS. The second-order valence-corrected chi connectivity index (χ2v) is 12.4. The number of pyridine rings is 2. The summed E-state index contributed by atoms with van der Waals surface area (Å²) in [5, 5.41) is 18.4. The maximum atomic E-state index is 13.2. The van der Waals surface area contributed by atoms with E-state index in [1.54, 1.807) is 18.3 Å². The molecule has 5 rings (SSSR count). The number of carbonyl (C=O) groups is 2. The molecule has 1 fully saturated rings. The van der Waals surface area contributed by atoms with Crippen LogP contribution >= 0.6 is 19.9 Å². The molecule has 0 bridgehead atoms. The molecule has 44 heavy (non-hydrogen) atoms. The molecule has 1 aromatic carbocycles. The lowest BCUT2D eigenvalue weighted by molar-refractivity contribution is 0.0694. The number of fused-ring (bicyclic) bond motifs is 1. The third kappa shape index (κ3) is 8.25. The number of urea groups is 1. The fraction of sp³-hybridized carbons (Fsp3) is 0.367. The van der Waals surface area contributed by atoms with E-state index in [-0.39, 0.29) is 11.6 Å². The van der Waals surface area contributed by atoms with E-state index in [0.29, 0.717) is 47.2 Å². The van der Waals surface area contributed by atoms with Crippen molar-refractivity contribution >= 4 is 48.7 Å².